The Kier molecular flexibility index (Phi) is 7.63. The lowest BCUT2D eigenvalue weighted by Crippen LogP contribution is -2.40. The van der Waals surface area contributed by atoms with E-state index >= 15 is 0 Å². The first-order valence-electron chi connectivity index (χ1n) is 12.5. The number of allylic oxidation sites excluding steroid dienone is 1. The van der Waals surface area contributed by atoms with Crippen molar-refractivity contribution in [1.82, 2.24) is 4.57 Å². The van der Waals surface area contributed by atoms with E-state index in [1.165, 1.54) is 4.57 Å². The van der Waals surface area contributed by atoms with Crippen molar-refractivity contribution in [2.75, 3.05) is 26.6 Å². The summed E-state index contributed by atoms with van der Waals surface area (Å²) in [6, 6.07) is 23.3. The number of hydrogen-bond donors (Lipinski definition) is 2. The molecule has 1 aliphatic rings. The molecule has 0 radical (unpaired) electrons. The van der Waals surface area contributed by atoms with Gasteiger partial charge in [0, 0.05) is 5.69 Å². The van der Waals surface area contributed by atoms with E-state index < -0.39 is 17.4 Å². The average Bonchev–Trinajstić information content (AvgIpc) is 3.33. The van der Waals surface area contributed by atoms with Crippen LogP contribution in [-0.4, -0.2) is 31.8 Å². The zero-order valence-corrected chi connectivity index (χ0v) is 23.3. The number of carbonyl (C=O) groups excluding carboxylic acids is 1. The fourth-order valence-corrected chi connectivity index (χ4v) is 5.80. The lowest BCUT2D eigenvalue weighted by Gasteiger charge is -2.25. The summed E-state index contributed by atoms with van der Waals surface area (Å²) in [6.45, 7) is 0. The van der Waals surface area contributed by atoms with Gasteiger partial charge in [-0.15, -0.1) is 11.3 Å². The summed E-state index contributed by atoms with van der Waals surface area (Å²) in [5, 5.41) is 13.2. The highest BCUT2D eigenvalue weighted by Crippen LogP contribution is 2.37. The predicted molar refractivity (Wildman–Crippen MR) is 158 cm³/mol. The molecule has 3 N–H and O–H groups in total. The van der Waals surface area contributed by atoms with Crippen LogP contribution in [0.15, 0.2) is 83.2 Å². The van der Waals surface area contributed by atoms with Crippen LogP contribution in [0, 0.1) is 11.3 Å². The Morgan fingerprint density at radius 3 is 2.00 bits per heavy atom. The number of benzene rings is 3. The summed E-state index contributed by atoms with van der Waals surface area (Å²) in [5.74, 6) is 0.632. The number of aromatic nitrogens is 1. The maximum Gasteiger partial charge on any atom is 0.274 e. The van der Waals surface area contributed by atoms with E-state index in [9.17, 15) is 14.9 Å². The molecule has 5 rings (SSSR count). The number of thiazole rings is 1. The van der Waals surface area contributed by atoms with Gasteiger partial charge in [-0.05, 0) is 65.7 Å². The van der Waals surface area contributed by atoms with Gasteiger partial charge in [-0.1, -0.05) is 24.3 Å². The van der Waals surface area contributed by atoms with E-state index in [1.54, 1.807) is 88.1 Å². The number of carbonyl (C=O) groups is 1. The molecule has 206 valence electrons. The minimum Gasteiger partial charge on any atom is -0.497 e. The van der Waals surface area contributed by atoms with Crippen molar-refractivity contribution in [3.63, 3.8) is 0 Å². The number of amides is 1. The number of methoxy groups -OCH3 is 3. The summed E-state index contributed by atoms with van der Waals surface area (Å²) in [4.78, 5) is 27.7. The Balaban J connectivity index is 1.75. The van der Waals surface area contributed by atoms with Crippen LogP contribution in [0.2, 0.25) is 0 Å². The van der Waals surface area contributed by atoms with Gasteiger partial charge in [-0.2, -0.15) is 5.26 Å². The number of anilines is 1. The van der Waals surface area contributed by atoms with Gasteiger partial charge in [0.25, 0.3) is 11.5 Å². The summed E-state index contributed by atoms with van der Waals surface area (Å²) in [5.41, 5.74) is 8.33. The normalized spacial score (nSPS) is 14.7. The Bertz CT molecular complexity index is 1860. The van der Waals surface area contributed by atoms with Crippen molar-refractivity contribution < 1.29 is 19.0 Å². The van der Waals surface area contributed by atoms with E-state index in [4.69, 9.17) is 19.9 Å². The first kappa shape index (κ1) is 27.3. The monoisotopic (exact) mass is 566 g/mol. The third-order valence-corrected chi connectivity index (χ3v) is 7.83. The van der Waals surface area contributed by atoms with Gasteiger partial charge in [-0.3, -0.25) is 14.2 Å². The highest BCUT2D eigenvalue weighted by molar-refractivity contribution is 7.07. The van der Waals surface area contributed by atoms with Crippen molar-refractivity contribution in [3.8, 4) is 23.3 Å². The molecule has 0 fully saturated rings. The number of rotatable bonds is 7. The quantitative estimate of drug-likeness (QED) is 0.352. The second-order valence-corrected chi connectivity index (χ2v) is 10.1. The number of hydrogen-bond acceptors (Lipinski definition) is 8. The highest BCUT2D eigenvalue weighted by Gasteiger charge is 2.35. The van der Waals surface area contributed by atoms with Crippen molar-refractivity contribution in [1.29, 1.82) is 5.26 Å². The molecular formula is C31H26N4O5S. The topological polar surface area (TPSA) is 129 Å². The van der Waals surface area contributed by atoms with E-state index in [1.807, 2.05) is 12.1 Å². The molecular weight excluding hydrogens is 540 g/mol. The molecule has 41 heavy (non-hydrogen) atoms. The van der Waals surface area contributed by atoms with Crippen LogP contribution in [0.25, 0.3) is 17.5 Å². The fraction of sp³-hybridized carbons (Fsp3) is 0.129. The molecule has 1 atom stereocenters. The zero-order valence-electron chi connectivity index (χ0n) is 22.5. The van der Waals surface area contributed by atoms with Crippen LogP contribution in [0.1, 0.15) is 17.0 Å². The third-order valence-electron chi connectivity index (χ3n) is 6.72. The Morgan fingerprint density at radius 1 is 0.927 bits per heavy atom. The number of fused-ring (bicyclic) bond motifs is 1. The van der Waals surface area contributed by atoms with Gasteiger partial charge in [0.15, 0.2) is 0 Å². The lowest BCUT2D eigenvalue weighted by molar-refractivity contribution is -0.111. The van der Waals surface area contributed by atoms with Crippen LogP contribution in [0.4, 0.5) is 5.69 Å². The van der Waals surface area contributed by atoms with Crippen LogP contribution < -0.4 is 40.0 Å². The van der Waals surface area contributed by atoms with Crippen molar-refractivity contribution in [3.05, 3.63) is 109 Å². The third kappa shape index (κ3) is 5.18. The summed E-state index contributed by atoms with van der Waals surface area (Å²) in [6.07, 6.45) is 1.72. The Morgan fingerprint density at radius 2 is 1.46 bits per heavy atom. The molecule has 10 heteroatoms. The van der Waals surface area contributed by atoms with Crippen LogP contribution in [-0.2, 0) is 4.79 Å². The van der Waals surface area contributed by atoms with E-state index in [0.717, 1.165) is 16.9 Å². The number of nitrogens with two attached hydrogens (primary N) is 1. The molecule has 0 saturated carbocycles. The minimum atomic E-state index is -0.823. The Labute approximate surface area is 239 Å². The number of nitrogens with one attached hydrogen (secondary N) is 1. The van der Waals surface area contributed by atoms with E-state index in [0.29, 0.717) is 37.7 Å². The minimum absolute atomic E-state index is 0.0139. The molecule has 0 aliphatic carbocycles. The van der Waals surface area contributed by atoms with Crippen molar-refractivity contribution in [2.45, 2.75) is 5.92 Å². The molecule has 4 aromatic rings. The molecule has 2 heterocycles. The molecule has 0 spiro atoms. The number of nitrogens with zero attached hydrogens (tertiary/aromatic N) is 2. The first-order valence-corrected chi connectivity index (χ1v) is 13.3. The molecule has 0 bridgehead atoms. The van der Waals surface area contributed by atoms with E-state index in [2.05, 4.69) is 11.4 Å². The predicted octanol–water partition coefficient (Wildman–Crippen LogP) is 3.00. The molecule has 9 nitrogen and oxygen atoms in total. The van der Waals surface area contributed by atoms with Gasteiger partial charge in [0.05, 0.1) is 49.0 Å². The molecule has 1 aliphatic heterocycles. The van der Waals surface area contributed by atoms with Crippen LogP contribution in [0.5, 0.6) is 17.2 Å². The second kappa shape index (κ2) is 11.5. The highest BCUT2D eigenvalue weighted by atomic mass is 32.1. The molecule has 1 amide bonds. The van der Waals surface area contributed by atoms with Crippen molar-refractivity contribution >= 4 is 40.4 Å². The molecule has 0 saturated heterocycles. The lowest BCUT2D eigenvalue weighted by atomic mass is 9.83. The Hall–Kier alpha value is -5.27. The van der Waals surface area contributed by atoms with Gasteiger partial charge in [-0.25, -0.2) is 0 Å². The van der Waals surface area contributed by atoms with E-state index in [-0.39, 0.29) is 17.0 Å². The zero-order chi connectivity index (χ0) is 29.1. The maximum absolute atomic E-state index is 14.0. The number of nitriles is 1. The largest absolute Gasteiger partial charge is 0.497 e. The van der Waals surface area contributed by atoms with Gasteiger partial charge >= 0.3 is 0 Å². The second-order valence-electron chi connectivity index (χ2n) is 9.04. The average molecular weight is 567 g/mol. The maximum atomic E-state index is 14.0. The van der Waals surface area contributed by atoms with Crippen LogP contribution in [0.3, 0.4) is 0 Å². The summed E-state index contributed by atoms with van der Waals surface area (Å²) in [7, 11) is 4.69. The molecule has 1 unspecified atom stereocenters. The summed E-state index contributed by atoms with van der Waals surface area (Å²) < 4.78 is 17.7. The molecule has 1 aromatic heterocycles. The van der Waals surface area contributed by atoms with Gasteiger partial charge in [0.1, 0.15) is 27.7 Å². The fourth-order valence-electron chi connectivity index (χ4n) is 4.62. The standard InChI is InChI=1S/C31H26N4O5S/c1-38-21-10-4-18(5-11-21)16-25-30(37)35-28(33)24(17-32)26(19-6-12-22(39-2)13-7-19)27(31(35)41-25)29(36)34-20-8-14-23(40-3)15-9-20/h4-16,26H,33H2,1-3H3,(H,34,36)/b25-16-. The first-order chi connectivity index (χ1) is 19.9. The number of ether oxygens (including phenoxy) is 3. The van der Waals surface area contributed by atoms with Crippen LogP contribution >= 0.6 is 11.3 Å². The smallest absolute Gasteiger partial charge is 0.274 e. The van der Waals surface area contributed by atoms with Gasteiger partial charge < -0.3 is 25.3 Å². The molecule has 3 aromatic carbocycles. The van der Waals surface area contributed by atoms with Crippen molar-refractivity contribution in [2.24, 2.45) is 5.73 Å². The summed E-state index contributed by atoms with van der Waals surface area (Å²) >= 11 is 1.14. The SMILES string of the molecule is COc1ccc(/C=c2\sc3n(c2=O)C(N)=C(C#N)C(c2ccc(OC)cc2)C=3C(=O)Nc2ccc(OC)cc2)cc1. The van der Waals surface area contributed by atoms with Gasteiger partial charge in [0.2, 0.25) is 0 Å².